The molecule has 0 aromatic heterocycles. The first-order valence-electron chi connectivity index (χ1n) is 2.54. The summed E-state index contributed by atoms with van der Waals surface area (Å²) in [4.78, 5) is 0.456. The fourth-order valence-electron chi connectivity index (χ4n) is 0.590. The molecule has 0 aromatic rings. The smallest absolute Gasteiger partial charge is 0.110 e. The van der Waals surface area contributed by atoms with E-state index in [1.807, 2.05) is 0 Å². The number of hydrogen-bond donors (Lipinski definition) is 1. The molecule has 1 rings (SSSR count). The van der Waals surface area contributed by atoms with Crippen LogP contribution in [0.1, 0.15) is 0 Å². The maximum Gasteiger partial charge on any atom is 0.110 e. The summed E-state index contributed by atoms with van der Waals surface area (Å²) >= 11 is 0.332. The van der Waals surface area contributed by atoms with Crippen molar-refractivity contribution in [2.24, 2.45) is 0 Å². The van der Waals surface area contributed by atoms with Crippen LogP contribution >= 0.6 is 0 Å². The van der Waals surface area contributed by atoms with E-state index in [2.05, 4.69) is 0 Å². The highest BCUT2D eigenvalue weighted by Gasteiger charge is 2.06. The maximum atomic E-state index is 10.1. The Morgan fingerprint density at radius 3 is 2.78 bits per heavy atom. The van der Waals surface area contributed by atoms with E-state index >= 15 is 0 Å². The molecular formula is C6H6O2S. The van der Waals surface area contributed by atoms with Crippen molar-refractivity contribution < 1.29 is 9.32 Å². The standard InChI is InChI=1S/C6H6O2S/c7-5-3-1-2-4-6(5)9-8/h1-5,7H. The molecule has 9 heavy (non-hydrogen) atoms. The van der Waals surface area contributed by atoms with Crippen molar-refractivity contribution in [2.75, 3.05) is 0 Å². The van der Waals surface area contributed by atoms with Gasteiger partial charge in [-0.2, -0.15) is 0 Å². The van der Waals surface area contributed by atoms with Crippen LogP contribution in [0.5, 0.6) is 0 Å². The molecule has 2 nitrogen and oxygen atoms in total. The predicted octanol–water partition coefficient (Wildman–Crippen LogP) is -0.141. The van der Waals surface area contributed by atoms with E-state index in [-0.39, 0.29) is 0 Å². The van der Waals surface area contributed by atoms with Crippen LogP contribution in [0.3, 0.4) is 0 Å². The van der Waals surface area contributed by atoms with Crippen LogP contribution in [0.4, 0.5) is 0 Å². The maximum absolute atomic E-state index is 10.1. The lowest BCUT2D eigenvalue weighted by atomic mass is 10.1. The second-order valence-corrected chi connectivity index (χ2v) is 2.31. The van der Waals surface area contributed by atoms with Crippen LogP contribution in [0.25, 0.3) is 0 Å². The molecule has 0 saturated heterocycles. The molecule has 1 N–H and O–H groups in total. The zero-order chi connectivity index (χ0) is 6.69. The average molecular weight is 142 g/mol. The first kappa shape index (κ1) is 6.45. The Bertz CT molecular complexity index is 211. The normalized spacial score (nSPS) is 24.6. The van der Waals surface area contributed by atoms with Gasteiger partial charge in [0.15, 0.2) is 0 Å². The van der Waals surface area contributed by atoms with Gasteiger partial charge in [-0.05, 0) is 6.08 Å². The molecule has 1 atom stereocenters. The molecule has 3 heteroatoms. The Morgan fingerprint density at radius 2 is 2.33 bits per heavy atom. The molecule has 0 radical (unpaired) electrons. The summed E-state index contributed by atoms with van der Waals surface area (Å²) in [6, 6.07) is 0. The fourth-order valence-corrected chi connectivity index (χ4v) is 0.902. The van der Waals surface area contributed by atoms with Crippen molar-refractivity contribution in [3.8, 4) is 0 Å². The van der Waals surface area contributed by atoms with E-state index < -0.39 is 6.10 Å². The van der Waals surface area contributed by atoms with Gasteiger partial charge < -0.3 is 5.11 Å². The van der Waals surface area contributed by atoms with Crippen LogP contribution in [0.15, 0.2) is 24.3 Å². The van der Waals surface area contributed by atoms with E-state index in [1.165, 1.54) is 0 Å². The first-order valence-corrected chi connectivity index (χ1v) is 3.28. The third kappa shape index (κ3) is 1.37. The zero-order valence-corrected chi connectivity index (χ0v) is 5.47. The number of allylic oxidation sites excluding steroid dienone is 2. The molecule has 0 spiro atoms. The molecule has 0 aromatic carbocycles. The molecule has 0 heterocycles. The molecule has 0 aliphatic heterocycles. The van der Waals surface area contributed by atoms with Crippen LogP contribution in [-0.2, 0) is 11.3 Å². The summed E-state index contributed by atoms with van der Waals surface area (Å²) in [6.45, 7) is 0. The second-order valence-electron chi connectivity index (χ2n) is 1.67. The van der Waals surface area contributed by atoms with E-state index in [4.69, 9.17) is 5.11 Å². The zero-order valence-electron chi connectivity index (χ0n) is 4.65. The summed E-state index contributed by atoms with van der Waals surface area (Å²) in [5.74, 6) is 0. The van der Waals surface area contributed by atoms with Gasteiger partial charge in [0.05, 0.1) is 16.1 Å². The average Bonchev–Trinajstić information content (AvgIpc) is 1.89. The Labute approximate surface area is 56.6 Å². The number of aliphatic hydroxyl groups is 1. The highest BCUT2D eigenvalue weighted by Crippen LogP contribution is 1.97. The van der Waals surface area contributed by atoms with Gasteiger partial charge in [0.25, 0.3) is 0 Å². The van der Waals surface area contributed by atoms with Crippen molar-refractivity contribution >= 4 is 16.1 Å². The largest absolute Gasteiger partial charge is 0.383 e. The Hall–Kier alpha value is -0.670. The van der Waals surface area contributed by atoms with Gasteiger partial charge in [-0.1, -0.05) is 18.2 Å². The fraction of sp³-hybridized carbons (Fsp3) is 0.167. The molecule has 0 saturated carbocycles. The van der Waals surface area contributed by atoms with Gasteiger partial charge in [0, 0.05) is 0 Å². The summed E-state index contributed by atoms with van der Waals surface area (Å²) in [5.41, 5.74) is 0. The molecule has 1 aliphatic rings. The SMILES string of the molecule is O=S=C1C=CC=CC1O. The van der Waals surface area contributed by atoms with Crippen LogP contribution < -0.4 is 0 Å². The summed E-state index contributed by atoms with van der Waals surface area (Å²) in [6.07, 6.45) is 5.94. The van der Waals surface area contributed by atoms with Crippen LogP contribution in [-0.4, -0.2) is 20.3 Å². The molecule has 0 bridgehead atoms. The summed E-state index contributed by atoms with van der Waals surface area (Å²) < 4.78 is 10.1. The van der Waals surface area contributed by atoms with E-state index in [9.17, 15) is 4.21 Å². The number of rotatable bonds is 0. The molecule has 0 fully saturated rings. The second kappa shape index (κ2) is 2.75. The monoisotopic (exact) mass is 142 g/mol. The van der Waals surface area contributed by atoms with Crippen molar-refractivity contribution in [1.82, 2.24) is 0 Å². The van der Waals surface area contributed by atoms with Gasteiger partial charge in [-0.25, -0.2) is 4.21 Å². The summed E-state index contributed by atoms with van der Waals surface area (Å²) in [7, 11) is 0. The lowest BCUT2D eigenvalue weighted by molar-refractivity contribution is 0.291. The van der Waals surface area contributed by atoms with Crippen molar-refractivity contribution in [1.29, 1.82) is 0 Å². The van der Waals surface area contributed by atoms with Crippen molar-refractivity contribution in [2.45, 2.75) is 6.10 Å². The molecule has 1 unspecified atom stereocenters. The Kier molecular flexibility index (Phi) is 1.97. The minimum absolute atomic E-state index is 0.332. The van der Waals surface area contributed by atoms with Gasteiger partial charge in [-0.15, -0.1) is 0 Å². The van der Waals surface area contributed by atoms with Crippen LogP contribution in [0, 0.1) is 0 Å². The summed E-state index contributed by atoms with van der Waals surface area (Å²) in [5, 5.41) is 8.97. The molecule has 48 valence electrons. The van der Waals surface area contributed by atoms with Gasteiger partial charge in [0.1, 0.15) is 6.10 Å². The predicted molar refractivity (Wildman–Crippen MR) is 37.4 cm³/mol. The minimum atomic E-state index is -0.683. The Balaban J connectivity index is 2.90. The van der Waals surface area contributed by atoms with E-state index in [1.54, 1.807) is 24.3 Å². The van der Waals surface area contributed by atoms with Crippen LogP contribution in [0.2, 0.25) is 0 Å². The van der Waals surface area contributed by atoms with E-state index in [0.717, 1.165) is 0 Å². The van der Waals surface area contributed by atoms with Crippen molar-refractivity contribution in [3.63, 3.8) is 0 Å². The number of hydrogen-bond acceptors (Lipinski definition) is 2. The lowest BCUT2D eigenvalue weighted by Crippen LogP contribution is -2.16. The topological polar surface area (TPSA) is 37.3 Å². The van der Waals surface area contributed by atoms with Crippen molar-refractivity contribution in [3.05, 3.63) is 24.3 Å². The van der Waals surface area contributed by atoms with E-state index in [0.29, 0.717) is 16.1 Å². The lowest BCUT2D eigenvalue weighted by Gasteiger charge is -2.03. The van der Waals surface area contributed by atoms with Gasteiger partial charge >= 0.3 is 0 Å². The Morgan fingerprint density at radius 1 is 1.56 bits per heavy atom. The molecule has 1 aliphatic carbocycles. The molecule has 0 amide bonds. The van der Waals surface area contributed by atoms with Gasteiger partial charge in [0.2, 0.25) is 0 Å². The molecular weight excluding hydrogens is 136 g/mol. The minimum Gasteiger partial charge on any atom is -0.383 e. The highest BCUT2D eigenvalue weighted by atomic mass is 32.1. The third-order valence-corrected chi connectivity index (χ3v) is 1.62. The number of aliphatic hydroxyl groups excluding tert-OH is 1. The van der Waals surface area contributed by atoms with Gasteiger partial charge in [-0.3, -0.25) is 0 Å². The third-order valence-electron chi connectivity index (χ3n) is 1.05. The quantitative estimate of drug-likeness (QED) is 0.478. The highest BCUT2D eigenvalue weighted by molar-refractivity contribution is 7.67. The first-order chi connectivity index (χ1) is 4.34.